The van der Waals surface area contributed by atoms with Crippen molar-refractivity contribution in [2.45, 2.75) is 31.7 Å². The molecule has 0 aromatic heterocycles. The summed E-state index contributed by atoms with van der Waals surface area (Å²) < 4.78 is 27.2. The number of hydrogen-bond donors (Lipinski definition) is 1. The number of nitrogens with one attached hydrogen (secondary N) is 1. The number of carbonyl (C=O) groups excluding carboxylic acids is 1. The molecule has 0 bridgehead atoms. The van der Waals surface area contributed by atoms with Gasteiger partial charge in [0.25, 0.3) is 0 Å². The zero-order chi connectivity index (χ0) is 18.9. The van der Waals surface area contributed by atoms with E-state index in [1.54, 1.807) is 12.1 Å². The molecule has 3 rings (SSSR count). The third-order valence-electron chi connectivity index (χ3n) is 4.43. The molecule has 1 aliphatic heterocycles. The lowest BCUT2D eigenvalue weighted by atomic mass is 10.0. The third kappa shape index (κ3) is 3.92. The minimum atomic E-state index is -3.58. The molecule has 26 heavy (non-hydrogen) atoms. The van der Waals surface area contributed by atoms with E-state index in [1.807, 2.05) is 32.0 Å². The van der Waals surface area contributed by atoms with Crippen LogP contribution in [0.5, 0.6) is 0 Å². The topological polar surface area (TPSA) is 66.5 Å². The van der Waals surface area contributed by atoms with E-state index >= 15 is 0 Å². The normalized spacial score (nSPS) is 14.9. The van der Waals surface area contributed by atoms with Gasteiger partial charge in [0.2, 0.25) is 15.9 Å². The predicted octanol–water partition coefficient (Wildman–Crippen LogP) is 3.68. The zero-order valence-electron chi connectivity index (χ0n) is 14.7. The largest absolute Gasteiger partial charge is 0.326 e. The summed E-state index contributed by atoms with van der Waals surface area (Å²) >= 11 is 5.85. The molecule has 138 valence electrons. The van der Waals surface area contributed by atoms with Gasteiger partial charge in [-0.25, -0.2) is 8.42 Å². The molecule has 0 unspecified atom stereocenters. The second-order valence-electron chi connectivity index (χ2n) is 6.67. The van der Waals surface area contributed by atoms with Crippen molar-refractivity contribution in [2.24, 2.45) is 5.92 Å². The maximum Gasteiger partial charge on any atom is 0.243 e. The SMILES string of the molecule is CC(C)C(=O)Nc1ccc2c(c1)CN(S(=O)(=O)c1ccc(Cl)cc1)CC2. The van der Waals surface area contributed by atoms with E-state index < -0.39 is 10.0 Å². The monoisotopic (exact) mass is 392 g/mol. The van der Waals surface area contributed by atoms with Crippen molar-refractivity contribution in [1.29, 1.82) is 0 Å². The molecule has 2 aromatic carbocycles. The van der Waals surface area contributed by atoms with Gasteiger partial charge < -0.3 is 5.32 Å². The van der Waals surface area contributed by atoms with Crippen LogP contribution in [-0.2, 0) is 27.8 Å². The van der Waals surface area contributed by atoms with Crippen molar-refractivity contribution in [3.63, 3.8) is 0 Å². The molecule has 0 atom stereocenters. The summed E-state index contributed by atoms with van der Waals surface area (Å²) in [5.74, 6) is -0.181. The highest BCUT2D eigenvalue weighted by atomic mass is 35.5. The fourth-order valence-corrected chi connectivity index (χ4v) is 4.40. The van der Waals surface area contributed by atoms with E-state index in [1.165, 1.54) is 16.4 Å². The number of carbonyl (C=O) groups is 1. The Bertz CT molecular complexity index is 924. The second-order valence-corrected chi connectivity index (χ2v) is 9.04. The molecular formula is C19H21ClN2O3S. The highest BCUT2D eigenvalue weighted by molar-refractivity contribution is 7.89. The van der Waals surface area contributed by atoms with Gasteiger partial charge in [0.15, 0.2) is 0 Å². The van der Waals surface area contributed by atoms with Crippen LogP contribution in [0.3, 0.4) is 0 Å². The van der Waals surface area contributed by atoms with Gasteiger partial charge in [-0.3, -0.25) is 4.79 Å². The molecule has 0 fully saturated rings. The highest BCUT2D eigenvalue weighted by Crippen LogP contribution is 2.27. The number of rotatable bonds is 4. The molecule has 5 nitrogen and oxygen atoms in total. The van der Waals surface area contributed by atoms with E-state index in [4.69, 9.17) is 11.6 Å². The first-order valence-electron chi connectivity index (χ1n) is 8.46. The average Bonchev–Trinajstić information content (AvgIpc) is 2.61. The van der Waals surface area contributed by atoms with Gasteiger partial charge in [-0.1, -0.05) is 31.5 Å². The lowest BCUT2D eigenvalue weighted by molar-refractivity contribution is -0.118. The highest BCUT2D eigenvalue weighted by Gasteiger charge is 2.28. The van der Waals surface area contributed by atoms with E-state index in [0.717, 1.165) is 11.1 Å². The molecule has 1 heterocycles. The molecular weight excluding hydrogens is 372 g/mol. The van der Waals surface area contributed by atoms with Gasteiger partial charge >= 0.3 is 0 Å². The second kappa shape index (κ2) is 7.39. The Morgan fingerprint density at radius 3 is 2.46 bits per heavy atom. The first-order chi connectivity index (χ1) is 12.3. The van der Waals surface area contributed by atoms with E-state index in [9.17, 15) is 13.2 Å². The molecule has 0 spiro atoms. The van der Waals surface area contributed by atoms with Gasteiger partial charge in [0.1, 0.15) is 0 Å². The fraction of sp³-hybridized carbons (Fsp3) is 0.316. The minimum absolute atomic E-state index is 0.0635. The Balaban J connectivity index is 1.84. The summed E-state index contributed by atoms with van der Waals surface area (Å²) in [5.41, 5.74) is 2.71. The van der Waals surface area contributed by atoms with Crippen molar-refractivity contribution in [3.05, 3.63) is 58.6 Å². The molecule has 0 aliphatic carbocycles. The van der Waals surface area contributed by atoms with Gasteiger partial charge in [-0.15, -0.1) is 0 Å². The molecule has 0 saturated carbocycles. The number of benzene rings is 2. The summed E-state index contributed by atoms with van der Waals surface area (Å²) in [5, 5.41) is 3.36. The number of fused-ring (bicyclic) bond motifs is 1. The Morgan fingerprint density at radius 2 is 1.81 bits per heavy atom. The van der Waals surface area contributed by atoms with Crippen molar-refractivity contribution in [2.75, 3.05) is 11.9 Å². The molecule has 0 radical (unpaired) electrons. The van der Waals surface area contributed by atoms with Crippen LogP contribution >= 0.6 is 11.6 Å². The van der Waals surface area contributed by atoms with Crippen LogP contribution in [0.15, 0.2) is 47.4 Å². The Kier molecular flexibility index (Phi) is 5.37. The lowest BCUT2D eigenvalue weighted by Gasteiger charge is -2.28. The summed E-state index contributed by atoms with van der Waals surface area (Å²) in [6.07, 6.45) is 0.639. The lowest BCUT2D eigenvalue weighted by Crippen LogP contribution is -2.36. The smallest absolute Gasteiger partial charge is 0.243 e. The molecule has 2 aromatic rings. The van der Waals surface area contributed by atoms with Crippen molar-refractivity contribution in [3.8, 4) is 0 Å². The van der Waals surface area contributed by atoms with E-state index in [2.05, 4.69) is 5.32 Å². The summed E-state index contributed by atoms with van der Waals surface area (Å²) in [6, 6.07) is 11.9. The number of anilines is 1. The predicted molar refractivity (Wildman–Crippen MR) is 103 cm³/mol. The summed E-state index contributed by atoms with van der Waals surface area (Å²) in [7, 11) is -3.58. The van der Waals surface area contributed by atoms with E-state index in [-0.39, 0.29) is 23.3 Å². The molecule has 1 N–H and O–H groups in total. The van der Waals surface area contributed by atoms with Gasteiger partial charge in [-0.2, -0.15) is 4.31 Å². The van der Waals surface area contributed by atoms with E-state index in [0.29, 0.717) is 23.7 Å². The fourth-order valence-electron chi connectivity index (χ4n) is 2.86. The molecule has 1 amide bonds. The number of amides is 1. The first-order valence-corrected chi connectivity index (χ1v) is 10.3. The van der Waals surface area contributed by atoms with Crippen LogP contribution in [0.4, 0.5) is 5.69 Å². The first kappa shape index (κ1) is 18.9. The van der Waals surface area contributed by atoms with Crippen molar-refractivity contribution < 1.29 is 13.2 Å². The van der Waals surface area contributed by atoms with Crippen LogP contribution in [0.2, 0.25) is 5.02 Å². The Morgan fingerprint density at radius 1 is 1.12 bits per heavy atom. The quantitative estimate of drug-likeness (QED) is 0.863. The molecule has 1 aliphatic rings. The van der Waals surface area contributed by atoms with Gasteiger partial charge in [-0.05, 0) is 53.9 Å². The maximum absolute atomic E-state index is 12.9. The van der Waals surface area contributed by atoms with Crippen molar-refractivity contribution in [1.82, 2.24) is 4.31 Å². The number of nitrogens with zero attached hydrogens (tertiary/aromatic N) is 1. The number of hydrogen-bond acceptors (Lipinski definition) is 3. The third-order valence-corrected chi connectivity index (χ3v) is 6.54. The minimum Gasteiger partial charge on any atom is -0.326 e. The standard InChI is InChI=1S/C19H21ClN2O3S/c1-13(2)19(23)21-17-6-3-14-9-10-22(12-15(14)11-17)26(24,25)18-7-4-16(20)5-8-18/h3-8,11,13H,9-10,12H2,1-2H3,(H,21,23). The maximum atomic E-state index is 12.9. The average molecular weight is 393 g/mol. The van der Waals surface area contributed by atoms with Crippen LogP contribution in [0, 0.1) is 5.92 Å². The summed E-state index contributed by atoms with van der Waals surface area (Å²) in [4.78, 5) is 12.1. The van der Waals surface area contributed by atoms with Crippen LogP contribution in [-0.4, -0.2) is 25.2 Å². The Hall–Kier alpha value is -1.89. The van der Waals surface area contributed by atoms with Crippen LogP contribution in [0.1, 0.15) is 25.0 Å². The molecule has 0 saturated heterocycles. The van der Waals surface area contributed by atoms with Crippen LogP contribution in [0.25, 0.3) is 0 Å². The van der Waals surface area contributed by atoms with Gasteiger partial charge in [0, 0.05) is 29.7 Å². The van der Waals surface area contributed by atoms with Gasteiger partial charge in [0.05, 0.1) is 4.90 Å². The zero-order valence-corrected chi connectivity index (χ0v) is 16.3. The molecule has 7 heteroatoms. The van der Waals surface area contributed by atoms with Crippen LogP contribution < -0.4 is 5.32 Å². The Labute approximate surface area is 159 Å². The summed E-state index contributed by atoms with van der Waals surface area (Å²) in [6.45, 7) is 4.36. The van der Waals surface area contributed by atoms with Crippen molar-refractivity contribution >= 4 is 33.2 Å². The number of halogens is 1. The number of sulfonamides is 1.